The first-order chi connectivity index (χ1) is 10.2. The standard InChI is InChI=1S/C16H18N4O/c1-2-11-3-5-13(18-9-11)10-17-8-12-4-6-14-15(7-12)20-16(21)19-14/h3-7,9,17H,2,8,10H2,1H3,(H2,19,20,21). The van der Waals surface area contributed by atoms with E-state index in [1.807, 2.05) is 24.4 Å². The van der Waals surface area contributed by atoms with Gasteiger partial charge in [-0.05, 0) is 35.7 Å². The highest BCUT2D eigenvalue weighted by atomic mass is 16.1. The summed E-state index contributed by atoms with van der Waals surface area (Å²) >= 11 is 0. The van der Waals surface area contributed by atoms with Crippen molar-refractivity contribution >= 4 is 11.0 Å². The van der Waals surface area contributed by atoms with Crippen LogP contribution in [0.25, 0.3) is 11.0 Å². The predicted octanol–water partition coefficient (Wildman–Crippen LogP) is 2.10. The maximum atomic E-state index is 11.2. The van der Waals surface area contributed by atoms with E-state index in [1.54, 1.807) is 0 Å². The number of pyridine rings is 1. The van der Waals surface area contributed by atoms with Gasteiger partial charge in [-0.25, -0.2) is 4.79 Å². The number of fused-ring (bicyclic) bond motifs is 1. The number of benzene rings is 1. The van der Waals surface area contributed by atoms with Crippen LogP contribution in [0.4, 0.5) is 0 Å². The molecule has 3 rings (SSSR count). The third kappa shape index (κ3) is 3.20. The molecule has 3 aromatic rings. The van der Waals surface area contributed by atoms with Gasteiger partial charge < -0.3 is 15.3 Å². The van der Waals surface area contributed by atoms with Crippen LogP contribution in [0.2, 0.25) is 0 Å². The Morgan fingerprint density at radius 3 is 2.62 bits per heavy atom. The van der Waals surface area contributed by atoms with E-state index < -0.39 is 0 Å². The van der Waals surface area contributed by atoms with E-state index >= 15 is 0 Å². The molecule has 0 bridgehead atoms. The third-order valence-electron chi connectivity index (χ3n) is 3.51. The lowest BCUT2D eigenvalue weighted by molar-refractivity contribution is 0.679. The average molecular weight is 282 g/mol. The highest BCUT2D eigenvalue weighted by molar-refractivity contribution is 5.74. The summed E-state index contributed by atoms with van der Waals surface area (Å²) in [7, 11) is 0. The van der Waals surface area contributed by atoms with Crippen LogP contribution in [0, 0.1) is 0 Å². The van der Waals surface area contributed by atoms with Gasteiger partial charge >= 0.3 is 5.69 Å². The number of nitrogens with zero attached hydrogens (tertiary/aromatic N) is 1. The van der Waals surface area contributed by atoms with Crippen molar-refractivity contribution in [3.63, 3.8) is 0 Å². The predicted molar refractivity (Wildman–Crippen MR) is 83.1 cm³/mol. The summed E-state index contributed by atoms with van der Waals surface area (Å²) < 4.78 is 0. The summed E-state index contributed by atoms with van der Waals surface area (Å²) in [6, 6.07) is 10.1. The molecule has 21 heavy (non-hydrogen) atoms. The number of hydrogen-bond acceptors (Lipinski definition) is 3. The van der Waals surface area contributed by atoms with Gasteiger partial charge in [0.15, 0.2) is 0 Å². The molecule has 0 aliphatic carbocycles. The summed E-state index contributed by atoms with van der Waals surface area (Å²) in [6.45, 7) is 3.59. The molecular weight excluding hydrogens is 264 g/mol. The monoisotopic (exact) mass is 282 g/mol. The van der Waals surface area contributed by atoms with Gasteiger partial charge in [0.2, 0.25) is 0 Å². The number of imidazole rings is 1. The minimum absolute atomic E-state index is 0.171. The molecule has 0 fully saturated rings. The molecule has 3 N–H and O–H groups in total. The number of aromatic amines is 2. The van der Waals surface area contributed by atoms with Gasteiger partial charge in [-0.1, -0.05) is 19.1 Å². The summed E-state index contributed by atoms with van der Waals surface area (Å²) in [5.74, 6) is 0. The number of rotatable bonds is 5. The molecule has 0 saturated carbocycles. The first kappa shape index (κ1) is 13.6. The number of hydrogen-bond donors (Lipinski definition) is 3. The van der Waals surface area contributed by atoms with Gasteiger partial charge in [0.25, 0.3) is 0 Å². The van der Waals surface area contributed by atoms with E-state index in [0.29, 0.717) is 0 Å². The lowest BCUT2D eigenvalue weighted by Gasteiger charge is -2.05. The Morgan fingerprint density at radius 1 is 1.05 bits per heavy atom. The van der Waals surface area contributed by atoms with Crippen LogP contribution in [0.5, 0.6) is 0 Å². The average Bonchev–Trinajstić information content (AvgIpc) is 2.87. The van der Waals surface area contributed by atoms with Crippen molar-refractivity contribution in [3.05, 3.63) is 63.8 Å². The van der Waals surface area contributed by atoms with Gasteiger partial charge in [-0.15, -0.1) is 0 Å². The van der Waals surface area contributed by atoms with Crippen LogP contribution < -0.4 is 11.0 Å². The van der Waals surface area contributed by atoms with Crippen molar-refractivity contribution in [1.82, 2.24) is 20.3 Å². The number of aromatic nitrogens is 3. The molecule has 5 heteroatoms. The molecule has 0 saturated heterocycles. The van der Waals surface area contributed by atoms with Crippen LogP contribution in [-0.2, 0) is 19.5 Å². The van der Waals surface area contributed by atoms with Crippen molar-refractivity contribution in [2.24, 2.45) is 0 Å². The van der Waals surface area contributed by atoms with Crippen LogP contribution >= 0.6 is 0 Å². The van der Waals surface area contributed by atoms with Crippen molar-refractivity contribution in [3.8, 4) is 0 Å². The van der Waals surface area contributed by atoms with Gasteiger partial charge in [0, 0.05) is 19.3 Å². The second-order valence-electron chi connectivity index (χ2n) is 5.07. The summed E-state index contributed by atoms with van der Waals surface area (Å²) in [6.07, 6.45) is 2.93. The Labute approximate surface area is 122 Å². The van der Waals surface area contributed by atoms with E-state index in [0.717, 1.165) is 41.8 Å². The Morgan fingerprint density at radius 2 is 1.86 bits per heavy atom. The largest absolute Gasteiger partial charge is 0.323 e. The second kappa shape index (κ2) is 5.93. The normalized spacial score (nSPS) is 11.1. The molecule has 2 aromatic heterocycles. The Bertz CT molecular complexity index is 786. The Balaban J connectivity index is 1.61. The molecule has 0 spiro atoms. The summed E-state index contributed by atoms with van der Waals surface area (Å²) in [4.78, 5) is 21.1. The van der Waals surface area contributed by atoms with Crippen LogP contribution in [0.3, 0.4) is 0 Å². The van der Waals surface area contributed by atoms with Gasteiger partial charge in [-0.2, -0.15) is 0 Å². The first-order valence-electron chi connectivity index (χ1n) is 7.10. The van der Waals surface area contributed by atoms with Gasteiger partial charge in [-0.3, -0.25) is 4.98 Å². The molecule has 1 aromatic carbocycles. The van der Waals surface area contributed by atoms with Crippen molar-refractivity contribution in [1.29, 1.82) is 0 Å². The molecular formula is C16H18N4O. The fourth-order valence-corrected chi connectivity index (χ4v) is 2.29. The molecule has 0 radical (unpaired) electrons. The Kier molecular flexibility index (Phi) is 3.83. The molecule has 0 amide bonds. The lowest BCUT2D eigenvalue weighted by atomic mass is 10.2. The molecule has 0 aliphatic rings. The molecule has 0 aliphatic heterocycles. The van der Waals surface area contributed by atoms with Crippen LogP contribution in [0.1, 0.15) is 23.7 Å². The first-order valence-corrected chi connectivity index (χ1v) is 7.10. The molecule has 108 valence electrons. The second-order valence-corrected chi connectivity index (χ2v) is 5.07. The SMILES string of the molecule is CCc1ccc(CNCc2ccc3[nH]c(=O)[nH]c3c2)nc1. The quantitative estimate of drug-likeness (QED) is 0.671. The topological polar surface area (TPSA) is 73.6 Å². The zero-order valence-electron chi connectivity index (χ0n) is 11.9. The van der Waals surface area contributed by atoms with Crippen molar-refractivity contribution in [2.75, 3.05) is 0 Å². The zero-order chi connectivity index (χ0) is 14.7. The van der Waals surface area contributed by atoms with E-state index in [-0.39, 0.29) is 5.69 Å². The van der Waals surface area contributed by atoms with Gasteiger partial charge in [0.05, 0.1) is 16.7 Å². The van der Waals surface area contributed by atoms with Gasteiger partial charge in [0.1, 0.15) is 0 Å². The summed E-state index contributed by atoms with van der Waals surface area (Å²) in [5, 5.41) is 3.36. The Hall–Kier alpha value is -2.40. The zero-order valence-corrected chi connectivity index (χ0v) is 11.9. The fourth-order valence-electron chi connectivity index (χ4n) is 2.29. The summed E-state index contributed by atoms with van der Waals surface area (Å²) in [5.41, 5.74) is 4.91. The maximum Gasteiger partial charge on any atom is 0.323 e. The minimum Gasteiger partial charge on any atom is -0.307 e. The van der Waals surface area contributed by atoms with Crippen LogP contribution in [-0.4, -0.2) is 15.0 Å². The maximum absolute atomic E-state index is 11.2. The highest BCUT2D eigenvalue weighted by Gasteiger charge is 2.00. The van der Waals surface area contributed by atoms with E-state index in [2.05, 4.69) is 39.3 Å². The molecule has 0 unspecified atom stereocenters. The third-order valence-corrected chi connectivity index (χ3v) is 3.51. The lowest BCUT2D eigenvalue weighted by Crippen LogP contribution is -2.13. The van der Waals surface area contributed by atoms with E-state index in [4.69, 9.17) is 0 Å². The molecule has 5 nitrogen and oxygen atoms in total. The number of H-pyrrole nitrogens is 2. The van der Waals surface area contributed by atoms with Crippen molar-refractivity contribution < 1.29 is 0 Å². The molecule has 0 atom stereocenters. The van der Waals surface area contributed by atoms with E-state index in [1.165, 1.54) is 5.56 Å². The van der Waals surface area contributed by atoms with Crippen molar-refractivity contribution in [2.45, 2.75) is 26.4 Å². The minimum atomic E-state index is -0.171. The van der Waals surface area contributed by atoms with E-state index in [9.17, 15) is 4.79 Å². The van der Waals surface area contributed by atoms with Crippen LogP contribution in [0.15, 0.2) is 41.3 Å². The molecule has 2 heterocycles. The fraction of sp³-hybridized carbons (Fsp3) is 0.250. The number of nitrogens with one attached hydrogen (secondary N) is 3. The smallest absolute Gasteiger partial charge is 0.307 e. The highest BCUT2D eigenvalue weighted by Crippen LogP contribution is 2.10. The number of aryl methyl sites for hydroxylation is 1.